The number of rotatable bonds is 34. The van der Waals surface area contributed by atoms with Gasteiger partial charge in [0, 0.05) is 21.7 Å². The second kappa shape index (κ2) is 30.6. The van der Waals surface area contributed by atoms with Crippen LogP contribution in [0.3, 0.4) is 0 Å². The largest absolute Gasteiger partial charge is 0.394 e. The minimum absolute atomic E-state index is 0.168. The van der Waals surface area contributed by atoms with Crippen molar-refractivity contribution in [2.45, 2.75) is 224 Å². The normalized spacial score (nSPS) is 23.1. The highest BCUT2D eigenvalue weighted by Gasteiger charge is 2.44. The predicted octanol–water partition coefficient (Wildman–Crippen LogP) is 8.61. The highest BCUT2D eigenvalue weighted by atomic mass is 32.2. The minimum Gasteiger partial charge on any atom is -0.394 e. The summed E-state index contributed by atoms with van der Waals surface area (Å²) in [6.45, 7) is 10.2. The Hall–Kier alpha value is -0.590. The second-order valence-corrected chi connectivity index (χ2v) is 18.8. The summed E-state index contributed by atoms with van der Waals surface area (Å²) in [5, 5.41) is 51.5. The van der Waals surface area contributed by atoms with Gasteiger partial charge in [0.05, 0.1) is 19.3 Å². The standard InChI is InChI=1S/C42H83NO8S/c1-6-7-8-9-10-11-12-13-14-17-20-23-26-29-37(45)36(33-50-42-41(48)40(47)39(46)38(32-44)51-42)43-52(5,49)30-27-24-21-18-15-16-19-22-25-28-35(4)31-34(2)3/h34,36-42,44-48H,4,6-33H2,1-3,5H3. The van der Waals surface area contributed by atoms with E-state index < -0.39 is 59.2 Å². The van der Waals surface area contributed by atoms with Crippen LogP contribution in [0.25, 0.3) is 0 Å². The van der Waals surface area contributed by atoms with Crippen molar-refractivity contribution < 1.29 is 39.2 Å². The third kappa shape index (κ3) is 24.0. The molecule has 0 saturated carbocycles. The first-order valence-corrected chi connectivity index (χ1v) is 23.5. The quantitative estimate of drug-likeness (QED) is 0.0323. The fourth-order valence-electron chi connectivity index (χ4n) is 7.17. The van der Waals surface area contributed by atoms with Crippen LogP contribution in [0.5, 0.6) is 0 Å². The maximum absolute atomic E-state index is 13.6. The van der Waals surface area contributed by atoms with Crippen molar-refractivity contribution in [1.82, 2.24) is 0 Å². The summed E-state index contributed by atoms with van der Waals surface area (Å²) in [5.74, 6) is 1.13. The molecule has 0 radical (unpaired) electrons. The molecular formula is C42H83NO8S. The molecule has 1 heterocycles. The smallest absolute Gasteiger partial charge is 0.186 e. The molecule has 0 aromatic heterocycles. The summed E-state index contributed by atoms with van der Waals surface area (Å²) < 4.78 is 29.5. The first kappa shape index (κ1) is 49.4. The van der Waals surface area contributed by atoms with Crippen molar-refractivity contribution >= 4 is 9.73 Å². The molecule has 0 amide bonds. The Bertz CT molecular complexity index is 985. The lowest BCUT2D eigenvalue weighted by molar-refractivity contribution is -0.302. The second-order valence-electron chi connectivity index (χ2n) is 16.2. The van der Waals surface area contributed by atoms with Crippen molar-refractivity contribution in [3.8, 4) is 0 Å². The topological polar surface area (TPSA) is 149 Å². The van der Waals surface area contributed by atoms with Crippen molar-refractivity contribution in [3.05, 3.63) is 12.2 Å². The van der Waals surface area contributed by atoms with Gasteiger partial charge in [-0.25, -0.2) is 4.36 Å². The summed E-state index contributed by atoms with van der Waals surface area (Å²) >= 11 is 0. The summed E-state index contributed by atoms with van der Waals surface area (Å²) in [6.07, 6.45) is 22.9. The molecule has 310 valence electrons. The zero-order chi connectivity index (χ0) is 38.6. The Morgan fingerprint density at radius 3 is 1.73 bits per heavy atom. The fourth-order valence-corrected chi connectivity index (χ4v) is 8.79. The molecule has 52 heavy (non-hydrogen) atoms. The van der Waals surface area contributed by atoms with E-state index in [-0.39, 0.29) is 6.61 Å². The Kier molecular flexibility index (Phi) is 29.1. The Labute approximate surface area is 319 Å². The molecule has 0 aliphatic carbocycles. The lowest BCUT2D eigenvalue weighted by Gasteiger charge is -2.40. The minimum atomic E-state index is -2.61. The van der Waals surface area contributed by atoms with Crippen LogP contribution in [0.4, 0.5) is 0 Å². The van der Waals surface area contributed by atoms with E-state index in [1.54, 1.807) is 6.26 Å². The van der Waals surface area contributed by atoms with Crippen molar-refractivity contribution in [2.24, 2.45) is 10.3 Å². The number of ether oxygens (including phenoxy) is 2. The molecule has 8 unspecified atom stereocenters. The molecule has 0 aromatic carbocycles. The van der Waals surface area contributed by atoms with Gasteiger partial charge in [0.15, 0.2) is 6.29 Å². The Balaban J connectivity index is 2.51. The van der Waals surface area contributed by atoms with Crippen LogP contribution in [0.2, 0.25) is 0 Å². The fraction of sp³-hybridized carbons (Fsp3) is 0.952. The van der Waals surface area contributed by atoms with E-state index in [4.69, 9.17) is 9.47 Å². The van der Waals surface area contributed by atoms with Gasteiger partial charge in [-0.1, -0.05) is 161 Å². The van der Waals surface area contributed by atoms with Gasteiger partial charge in [0.1, 0.15) is 30.5 Å². The zero-order valence-electron chi connectivity index (χ0n) is 33.9. The highest BCUT2D eigenvalue weighted by Crippen LogP contribution is 2.24. The number of hydrogen-bond donors (Lipinski definition) is 5. The summed E-state index contributed by atoms with van der Waals surface area (Å²) in [6, 6.07) is -0.801. The molecule has 0 bridgehead atoms. The van der Waals surface area contributed by atoms with E-state index >= 15 is 0 Å². The van der Waals surface area contributed by atoms with Gasteiger partial charge in [-0.3, -0.25) is 4.21 Å². The van der Waals surface area contributed by atoms with E-state index in [1.165, 1.54) is 108 Å². The molecule has 10 heteroatoms. The van der Waals surface area contributed by atoms with Crippen LogP contribution < -0.4 is 0 Å². The molecule has 1 aliphatic heterocycles. The maximum Gasteiger partial charge on any atom is 0.186 e. The Morgan fingerprint density at radius 1 is 0.750 bits per heavy atom. The number of aliphatic hydroxyl groups is 5. The third-order valence-electron chi connectivity index (χ3n) is 10.4. The zero-order valence-corrected chi connectivity index (χ0v) is 34.8. The SMILES string of the molecule is C=C(CCCCCCCCCCCS(C)(=O)=NC(COC1OC(CO)C(O)C(O)C1O)C(O)CCCCCCCCCCCCCCC)CC(C)C. The van der Waals surface area contributed by atoms with E-state index in [1.807, 2.05) is 0 Å². The number of aliphatic hydroxyl groups excluding tert-OH is 5. The molecule has 5 N–H and O–H groups in total. The van der Waals surface area contributed by atoms with Gasteiger partial charge >= 0.3 is 0 Å². The van der Waals surface area contributed by atoms with Crippen LogP contribution in [0.1, 0.15) is 181 Å². The van der Waals surface area contributed by atoms with Gasteiger partial charge < -0.3 is 35.0 Å². The highest BCUT2D eigenvalue weighted by molar-refractivity contribution is 7.92. The van der Waals surface area contributed by atoms with E-state index in [0.717, 1.165) is 51.4 Å². The predicted molar refractivity (Wildman–Crippen MR) is 216 cm³/mol. The molecule has 8 atom stereocenters. The van der Waals surface area contributed by atoms with Crippen LogP contribution in [0, 0.1) is 5.92 Å². The molecule has 1 saturated heterocycles. The number of unbranched alkanes of at least 4 members (excludes halogenated alkanes) is 20. The van der Waals surface area contributed by atoms with Crippen LogP contribution in [0.15, 0.2) is 16.5 Å². The summed E-state index contributed by atoms with van der Waals surface area (Å²) in [4.78, 5) is 0. The molecule has 1 fully saturated rings. The van der Waals surface area contributed by atoms with Gasteiger partial charge in [-0.05, 0) is 38.0 Å². The van der Waals surface area contributed by atoms with Crippen molar-refractivity contribution in [2.75, 3.05) is 25.2 Å². The summed E-state index contributed by atoms with van der Waals surface area (Å²) in [7, 11) is -2.61. The number of allylic oxidation sites excluding steroid dienone is 1. The van der Waals surface area contributed by atoms with E-state index in [2.05, 4.69) is 31.7 Å². The van der Waals surface area contributed by atoms with Gasteiger partial charge in [-0.15, -0.1) is 0 Å². The number of hydrogen-bond acceptors (Lipinski definition) is 9. The molecule has 1 rings (SSSR count). The molecule has 9 nitrogen and oxygen atoms in total. The maximum atomic E-state index is 13.6. The average Bonchev–Trinajstić information content (AvgIpc) is 3.10. The lowest BCUT2D eigenvalue weighted by atomic mass is 9.99. The Morgan fingerprint density at radius 2 is 1.23 bits per heavy atom. The van der Waals surface area contributed by atoms with E-state index in [9.17, 15) is 29.7 Å². The van der Waals surface area contributed by atoms with E-state index in [0.29, 0.717) is 18.1 Å². The summed E-state index contributed by atoms with van der Waals surface area (Å²) in [5.41, 5.74) is 1.38. The molecule has 1 aliphatic rings. The van der Waals surface area contributed by atoms with Gasteiger partial charge in [0.25, 0.3) is 0 Å². The van der Waals surface area contributed by atoms with Crippen molar-refractivity contribution in [3.63, 3.8) is 0 Å². The van der Waals surface area contributed by atoms with Crippen LogP contribution in [-0.2, 0) is 19.2 Å². The van der Waals surface area contributed by atoms with Gasteiger partial charge in [-0.2, -0.15) is 0 Å². The molecular weight excluding hydrogens is 679 g/mol. The molecule has 0 aromatic rings. The first-order valence-electron chi connectivity index (χ1n) is 21.4. The third-order valence-corrected chi connectivity index (χ3v) is 12.2. The first-order chi connectivity index (χ1) is 24.9. The number of nitrogens with zero attached hydrogens (tertiary/aromatic N) is 1. The monoisotopic (exact) mass is 762 g/mol. The van der Waals surface area contributed by atoms with Crippen LogP contribution >= 0.6 is 0 Å². The van der Waals surface area contributed by atoms with Gasteiger partial charge in [0.2, 0.25) is 0 Å². The molecule has 0 spiro atoms. The van der Waals surface area contributed by atoms with Crippen LogP contribution in [-0.4, -0.2) is 97.8 Å². The average molecular weight is 762 g/mol. The lowest BCUT2D eigenvalue weighted by Crippen LogP contribution is -2.59. The van der Waals surface area contributed by atoms with Crippen molar-refractivity contribution in [1.29, 1.82) is 0 Å².